The molecule has 0 spiro atoms. The summed E-state index contributed by atoms with van der Waals surface area (Å²) >= 11 is 0. The van der Waals surface area contributed by atoms with Crippen molar-refractivity contribution in [2.45, 2.75) is 18.9 Å². The highest BCUT2D eigenvalue weighted by Gasteiger charge is 2.23. The third kappa shape index (κ3) is 6.52. The fourth-order valence-corrected chi connectivity index (χ4v) is 3.75. The minimum Gasteiger partial charge on any atom is -0.412 e. The predicted molar refractivity (Wildman–Crippen MR) is 126 cm³/mol. The first-order valence-electron chi connectivity index (χ1n) is 9.33. The highest BCUT2D eigenvalue weighted by atomic mass is 35.5. The Morgan fingerprint density at radius 1 is 1.06 bits per heavy atom. The molecular weight excluding hydrogens is 445 g/mol. The molecule has 1 aliphatic heterocycles. The predicted octanol–water partition coefficient (Wildman–Crippen LogP) is 0.986. The standard InChI is InChI=1S/C20H23N5O2.2ClH.2H2O/c26-19(17-6-3-4-10-21-17)22-11-14-24-12-8-15(9-13-24)25-18-7-2-1-5-16(18)23-20(25)27;;;;/h1-7,10,15H,8-9,11-14H2,(H,22,26)(H,23,27);2*1H;2*1H2. The quantitative estimate of drug-likeness (QED) is 0.568. The molecule has 1 fully saturated rings. The number of halogens is 2. The van der Waals surface area contributed by atoms with Crippen LogP contribution in [0.3, 0.4) is 0 Å². The molecule has 0 unspecified atom stereocenters. The van der Waals surface area contributed by atoms with Crippen molar-refractivity contribution in [2.75, 3.05) is 26.2 Å². The van der Waals surface area contributed by atoms with Crippen molar-refractivity contribution in [3.8, 4) is 0 Å². The number of nitrogens with one attached hydrogen (secondary N) is 2. The van der Waals surface area contributed by atoms with Crippen LogP contribution in [0.1, 0.15) is 29.4 Å². The van der Waals surface area contributed by atoms with Crippen LogP contribution in [0.2, 0.25) is 0 Å². The Labute approximate surface area is 192 Å². The largest absolute Gasteiger partial charge is 0.412 e. The first kappa shape index (κ1) is 28.6. The lowest BCUT2D eigenvalue weighted by atomic mass is 10.0. The summed E-state index contributed by atoms with van der Waals surface area (Å²) in [6.45, 7) is 3.22. The van der Waals surface area contributed by atoms with Crippen molar-refractivity contribution in [1.29, 1.82) is 0 Å². The molecule has 3 heterocycles. The van der Waals surface area contributed by atoms with E-state index in [0.29, 0.717) is 12.2 Å². The van der Waals surface area contributed by atoms with E-state index in [1.807, 2.05) is 28.8 Å². The lowest BCUT2D eigenvalue weighted by molar-refractivity contribution is 0.0939. The molecule has 0 radical (unpaired) electrons. The Morgan fingerprint density at radius 2 is 1.74 bits per heavy atom. The second-order valence-electron chi connectivity index (χ2n) is 6.86. The van der Waals surface area contributed by atoms with Crippen molar-refractivity contribution in [1.82, 2.24) is 24.8 Å². The summed E-state index contributed by atoms with van der Waals surface area (Å²) in [6.07, 6.45) is 3.47. The zero-order valence-electron chi connectivity index (χ0n) is 16.9. The van der Waals surface area contributed by atoms with E-state index < -0.39 is 0 Å². The molecule has 0 bridgehead atoms. The number of para-hydroxylation sites is 2. The molecule has 1 aromatic carbocycles. The van der Waals surface area contributed by atoms with E-state index in [4.69, 9.17) is 0 Å². The first-order valence-corrected chi connectivity index (χ1v) is 9.33. The molecule has 4 rings (SSSR count). The molecule has 31 heavy (non-hydrogen) atoms. The van der Waals surface area contributed by atoms with E-state index in [1.165, 1.54) is 0 Å². The van der Waals surface area contributed by atoms with Gasteiger partial charge in [0.15, 0.2) is 0 Å². The van der Waals surface area contributed by atoms with E-state index in [-0.39, 0.29) is 53.4 Å². The average molecular weight is 474 g/mol. The fraction of sp³-hybridized carbons (Fsp3) is 0.350. The number of aromatic nitrogens is 3. The van der Waals surface area contributed by atoms with Crippen molar-refractivity contribution in [2.24, 2.45) is 0 Å². The number of hydrogen-bond donors (Lipinski definition) is 2. The molecule has 0 atom stereocenters. The van der Waals surface area contributed by atoms with Gasteiger partial charge in [0.2, 0.25) is 0 Å². The van der Waals surface area contributed by atoms with E-state index in [0.717, 1.165) is 43.5 Å². The summed E-state index contributed by atoms with van der Waals surface area (Å²) in [5, 5.41) is 2.91. The molecule has 3 aromatic rings. The number of fused-ring (bicyclic) bond motifs is 1. The van der Waals surface area contributed by atoms with Crippen molar-refractivity contribution >= 4 is 41.8 Å². The summed E-state index contributed by atoms with van der Waals surface area (Å²) in [4.78, 5) is 33.7. The van der Waals surface area contributed by atoms with Gasteiger partial charge in [-0.15, -0.1) is 24.8 Å². The van der Waals surface area contributed by atoms with Crippen LogP contribution < -0.4 is 11.0 Å². The van der Waals surface area contributed by atoms with Crippen LogP contribution in [0.15, 0.2) is 53.5 Å². The van der Waals surface area contributed by atoms with Gasteiger partial charge in [-0.3, -0.25) is 14.3 Å². The molecule has 1 saturated heterocycles. The maximum absolute atomic E-state index is 12.3. The van der Waals surface area contributed by atoms with Crippen molar-refractivity contribution < 1.29 is 15.7 Å². The number of carbonyl (C=O) groups excluding carboxylic acids is 1. The number of imidazole rings is 1. The second kappa shape index (κ2) is 13.1. The van der Waals surface area contributed by atoms with E-state index in [9.17, 15) is 9.59 Å². The van der Waals surface area contributed by atoms with Gasteiger partial charge in [-0.2, -0.15) is 0 Å². The van der Waals surface area contributed by atoms with Crippen LogP contribution in [0.5, 0.6) is 0 Å². The first-order chi connectivity index (χ1) is 13.2. The van der Waals surface area contributed by atoms with Crippen LogP contribution in [0.25, 0.3) is 11.0 Å². The zero-order chi connectivity index (χ0) is 18.6. The Bertz CT molecular complexity index is 988. The SMILES string of the molecule is Cl.Cl.O.O.O=C(NCCN1CCC(n2c(=O)[nH]c3ccccc32)CC1)c1ccccn1. The number of piperidine rings is 1. The highest BCUT2D eigenvalue weighted by molar-refractivity contribution is 5.92. The molecule has 1 amide bonds. The second-order valence-corrected chi connectivity index (χ2v) is 6.86. The van der Waals surface area contributed by atoms with Crippen LogP contribution in [0, 0.1) is 0 Å². The van der Waals surface area contributed by atoms with Gasteiger partial charge >= 0.3 is 5.69 Å². The molecule has 0 aliphatic carbocycles. The topological polar surface area (TPSA) is 146 Å². The van der Waals surface area contributed by atoms with Crippen LogP contribution in [0.4, 0.5) is 0 Å². The third-order valence-electron chi connectivity index (χ3n) is 5.16. The van der Waals surface area contributed by atoms with Gasteiger partial charge in [0, 0.05) is 38.4 Å². The number of likely N-dealkylation sites (tertiary alicyclic amines) is 1. The summed E-state index contributed by atoms with van der Waals surface area (Å²) in [5.41, 5.74) is 2.28. The fourth-order valence-electron chi connectivity index (χ4n) is 3.75. The van der Waals surface area contributed by atoms with Crippen molar-refractivity contribution in [3.63, 3.8) is 0 Å². The van der Waals surface area contributed by atoms with Gasteiger partial charge < -0.3 is 26.2 Å². The number of aromatic amines is 1. The number of H-pyrrole nitrogens is 1. The Morgan fingerprint density at radius 3 is 2.42 bits per heavy atom. The summed E-state index contributed by atoms with van der Waals surface area (Å²) in [6, 6.07) is 13.3. The van der Waals surface area contributed by atoms with E-state index in [2.05, 4.69) is 20.2 Å². The maximum Gasteiger partial charge on any atom is 0.326 e. The number of rotatable bonds is 5. The summed E-state index contributed by atoms with van der Waals surface area (Å²) in [7, 11) is 0. The minimum atomic E-state index is -0.143. The van der Waals surface area contributed by atoms with Crippen LogP contribution in [-0.4, -0.2) is 62.5 Å². The molecule has 11 heteroatoms. The number of carbonyl (C=O) groups is 1. The van der Waals surface area contributed by atoms with Gasteiger partial charge in [0.25, 0.3) is 5.91 Å². The monoisotopic (exact) mass is 473 g/mol. The molecule has 0 saturated carbocycles. The van der Waals surface area contributed by atoms with Gasteiger partial charge in [0.1, 0.15) is 5.69 Å². The number of hydrogen-bond acceptors (Lipinski definition) is 4. The normalized spacial score (nSPS) is 13.8. The lowest BCUT2D eigenvalue weighted by Gasteiger charge is -2.32. The van der Waals surface area contributed by atoms with Crippen molar-refractivity contribution in [3.05, 3.63) is 64.8 Å². The van der Waals surface area contributed by atoms with Gasteiger partial charge in [-0.1, -0.05) is 18.2 Å². The Hall–Kier alpha value is -2.43. The molecule has 9 nitrogen and oxygen atoms in total. The van der Waals surface area contributed by atoms with Crippen LogP contribution in [-0.2, 0) is 0 Å². The van der Waals surface area contributed by atoms with Gasteiger partial charge in [-0.25, -0.2) is 4.79 Å². The Balaban J connectivity index is 0.00000225. The maximum atomic E-state index is 12.3. The van der Waals surface area contributed by atoms with E-state index >= 15 is 0 Å². The number of benzene rings is 1. The number of pyridine rings is 1. The Kier molecular flexibility index (Phi) is 12.1. The zero-order valence-corrected chi connectivity index (χ0v) is 18.5. The van der Waals surface area contributed by atoms with Crippen LogP contribution >= 0.6 is 24.8 Å². The third-order valence-corrected chi connectivity index (χ3v) is 5.16. The highest BCUT2D eigenvalue weighted by Crippen LogP contribution is 2.24. The summed E-state index contributed by atoms with van der Waals surface area (Å²) in [5.74, 6) is -0.143. The average Bonchev–Trinajstić information content (AvgIpc) is 3.05. The number of amides is 1. The molecule has 1 aliphatic rings. The summed E-state index contributed by atoms with van der Waals surface area (Å²) < 4.78 is 1.90. The van der Waals surface area contributed by atoms with Gasteiger partial charge in [0.05, 0.1) is 11.0 Å². The smallest absolute Gasteiger partial charge is 0.326 e. The molecular formula is C20H29Cl2N5O4. The number of nitrogens with zero attached hydrogens (tertiary/aromatic N) is 3. The van der Waals surface area contributed by atoms with E-state index in [1.54, 1.807) is 24.4 Å². The van der Waals surface area contributed by atoms with Gasteiger partial charge in [-0.05, 0) is 37.1 Å². The molecule has 2 aromatic heterocycles. The minimum absolute atomic E-state index is 0. The molecule has 6 N–H and O–H groups in total. The molecule has 172 valence electrons. The lowest BCUT2D eigenvalue weighted by Crippen LogP contribution is -2.41.